The molecule has 9 nitrogen and oxygen atoms in total. The Bertz CT molecular complexity index is 883. The second-order valence-corrected chi connectivity index (χ2v) is 7.34. The highest BCUT2D eigenvalue weighted by molar-refractivity contribution is 5.99. The fourth-order valence-electron chi connectivity index (χ4n) is 4.10. The summed E-state index contributed by atoms with van der Waals surface area (Å²) in [5, 5.41) is 0. The average Bonchev–Trinajstić information content (AvgIpc) is 3.34. The van der Waals surface area contributed by atoms with Gasteiger partial charge in [-0.05, 0) is 18.9 Å². The minimum Gasteiger partial charge on any atom is -0.493 e. The molecule has 1 aromatic rings. The molecule has 2 aliphatic rings. The van der Waals surface area contributed by atoms with E-state index in [1.54, 1.807) is 29.4 Å². The number of esters is 2. The third-order valence-electron chi connectivity index (χ3n) is 5.56. The first-order chi connectivity index (χ1) is 15.5. The molecule has 1 aromatic carbocycles. The van der Waals surface area contributed by atoms with Gasteiger partial charge in [0, 0.05) is 31.1 Å². The number of nitrogens with zero attached hydrogens (tertiary/aromatic N) is 1. The van der Waals surface area contributed by atoms with Gasteiger partial charge in [-0.2, -0.15) is 0 Å². The van der Waals surface area contributed by atoms with E-state index < -0.39 is 17.9 Å². The smallest absolute Gasteiger partial charge is 0.336 e. The third kappa shape index (κ3) is 4.52. The molecule has 3 rings (SSSR count). The van der Waals surface area contributed by atoms with Crippen molar-refractivity contribution in [2.45, 2.75) is 24.9 Å². The number of rotatable bonds is 8. The lowest BCUT2D eigenvalue weighted by Gasteiger charge is -2.32. The zero-order valence-electron chi connectivity index (χ0n) is 19.0. The van der Waals surface area contributed by atoms with Gasteiger partial charge in [0.05, 0.1) is 58.7 Å². The molecule has 2 heterocycles. The average molecular weight is 447 g/mol. The fraction of sp³-hybridized carbons (Fsp3) is 0.478. The first-order valence-corrected chi connectivity index (χ1v) is 10.2. The maximum absolute atomic E-state index is 12.8. The molecule has 1 saturated heterocycles. The molecular weight excluding hydrogens is 418 g/mol. The second-order valence-electron chi connectivity index (χ2n) is 7.34. The molecule has 9 heteroatoms. The summed E-state index contributed by atoms with van der Waals surface area (Å²) < 4.78 is 32.3. The summed E-state index contributed by atoms with van der Waals surface area (Å²) in [5.41, 5.74) is 1.06. The van der Waals surface area contributed by atoms with E-state index in [1.165, 1.54) is 35.5 Å². The molecular formula is C23H29NO8. The number of methoxy groups -OCH3 is 5. The molecule has 174 valence electrons. The van der Waals surface area contributed by atoms with Crippen LogP contribution in [-0.2, 0) is 23.8 Å². The first kappa shape index (κ1) is 23.5. The van der Waals surface area contributed by atoms with Crippen LogP contribution in [0.4, 0.5) is 0 Å². The van der Waals surface area contributed by atoms with E-state index >= 15 is 0 Å². The molecule has 1 fully saturated rings. The standard InChI is InChI=1S/C23H29NO8/c1-27-18-9-8-15(20(28-2)21(18)29-3)19-16(22(25)30-4)12-24(11-14-7-6-10-32-14)13-17(19)23(26)31-5/h8-9,12-14,19H,6-7,10-11H2,1-5H3. The van der Waals surface area contributed by atoms with Crippen LogP contribution in [0.15, 0.2) is 35.7 Å². The fourth-order valence-corrected chi connectivity index (χ4v) is 4.10. The predicted octanol–water partition coefficient (Wildman–Crippen LogP) is 2.40. The molecule has 2 aliphatic heterocycles. The van der Waals surface area contributed by atoms with Crippen LogP contribution in [-0.4, -0.2) is 71.6 Å². The number of carbonyl (C=O) groups is 2. The SMILES string of the molecule is COC(=O)C1=CN(CC2CCCO2)C=C(C(=O)OC)C1c1ccc(OC)c(OC)c1OC. The van der Waals surface area contributed by atoms with Crippen LogP contribution in [0.5, 0.6) is 17.2 Å². The van der Waals surface area contributed by atoms with Crippen LogP contribution >= 0.6 is 0 Å². The number of ether oxygens (including phenoxy) is 6. The molecule has 0 aliphatic carbocycles. The summed E-state index contributed by atoms with van der Waals surface area (Å²) in [6, 6.07) is 3.42. The van der Waals surface area contributed by atoms with Gasteiger partial charge in [-0.15, -0.1) is 0 Å². The highest BCUT2D eigenvalue weighted by atomic mass is 16.5. The summed E-state index contributed by atoms with van der Waals surface area (Å²) in [5.74, 6) is -0.796. The van der Waals surface area contributed by atoms with Crippen molar-refractivity contribution in [3.63, 3.8) is 0 Å². The van der Waals surface area contributed by atoms with Gasteiger partial charge < -0.3 is 33.3 Å². The second kappa shape index (κ2) is 10.4. The molecule has 0 N–H and O–H groups in total. The summed E-state index contributed by atoms with van der Waals surface area (Å²) in [6.45, 7) is 1.20. The quantitative estimate of drug-likeness (QED) is 0.557. The Morgan fingerprint density at radius 2 is 1.56 bits per heavy atom. The molecule has 1 atom stereocenters. The topological polar surface area (TPSA) is 92.8 Å². The van der Waals surface area contributed by atoms with Gasteiger partial charge in [-0.1, -0.05) is 6.07 Å². The molecule has 0 radical (unpaired) electrons. The Morgan fingerprint density at radius 3 is 2.03 bits per heavy atom. The largest absolute Gasteiger partial charge is 0.493 e. The molecule has 0 saturated carbocycles. The summed E-state index contributed by atoms with van der Waals surface area (Å²) in [4.78, 5) is 27.5. The number of carbonyl (C=O) groups excluding carboxylic acids is 2. The zero-order chi connectivity index (χ0) is 23.3. The zero-order valence-corrected chi connectivity index (χ0v) is 19.0. The van der Waals surface area contributed by atoms with Gasteiger partial charge in [0.2, 0.25) is 5.75 Å². The van der Waals surface area contributed by atoms with Gasteiger partial charge in [0.15, 0.2) is 11.5 Å². The molecule has 0 amide bonds. The number of hydrogen-bond acceptors (Lipinski definition) is 9. The molecule has 1 unspecified atom stereocenters. The van der Waals surface area contributed by atoms with Gasteiger partial charge in [0.25, 0.3) is 0 Å². The number of hydrogen-bond donors (Lipinski definition) is 0. The Labute approximate surface area is 187 Å². The number of benzene rings is 1. The van der Waals surface area contributed by atoms with E-state index in [1.807, 2.05) is 0 Å². The lowest BCUT2D eigenvalue weighted by Crippen LogP contribution is -2.32. The van der Waals surface area contributed by atoms with E-state index in [9.17, 15) is 9.59 Å². The van der Waals surface area contributed by atoms with Crippen LogP contribution in [0.2, 0.25) is 0 Å². The minimum absolute atomic E-state index is 0.00691. The van der Waals surface area contributed by atoms with E-state index in [4.69, 9.17) is 28.4 Å². The van der Waals surface area contributed by atoms with E-state index in [0.717, 1.165) is 12.8 Å². The van der Waals surface area contributed by atoms with Gasteiger partial charge in [-0.3, -0.25) is 0 Å². The molecule has 32 heavy (non-hydrogen) atoms. The summed E-state index contributed by atoms with van der Waals surface area (Å²) >= 11 is 0. The van der Waals surface area contributed by atoms with Crippen LogP contribution in [0.3, 0.4) is 0 Å². The van der Waals surface area contributed by atoms with Crippen LogP contribution < -0.4 is 14.2 Å². The van der Waals surface area contributed by atoms with Gasteiger partial charge in [-0.25, -0.2) is 9.59 Å². The van der Waals surface area contributed by atoms with Crippen molar-refractivity contribution in [1.29, 1.82) is 0 Å². The molecule has 0 spiro atoms. The van der Waals surface area contributed by atoms with Crippen molar-refractivity contribution in [3.05, 3.63) is 41.2 Å². The van der Waals surface area contributed by atoms with E-state index in [-0.39, 0.29) is 17.3 Å². The maximum atomic E-state index is 12.8. The van der Waals surface area contributed by atoms with E-state index in [2.05, 4.69) is 0 Å². The third-order valence-corrected chi connectivity index (χ3v) is 5.56. The van der Waals surface area contributed by atoms with Crippen LogP contribution in [0, 0.1) is 0 Å². The highest BCUT2D eigenvalue weighted by Gasteiger charge is 2.38. The van der Waals surface area contributed by atoms with Crippen molar-refractivity contribution in [2.75, 3.05) is 48.7 Å². The Balaban J connectivity index is 2.16. The Morgan fingerprint density at radius 1 is 0.938 bits per heavy atom. The first-order valence-electron chi connectivity index (χ1n) is 10.2. The summed E-state index contributed by atoms with van der Waals surface area (Å²) in [6.07, 6.45) is 5.26. The van der Waals surface area contributed by atoms with Crippen molar-refractivity contribution in [2.24, 2.45) is 0 Å². The highest BCUT2D eigenvalue weighted by Crippen LogP contribution is 2.47. The van der Waals surface area contributed by atoms with Crippen molar-refractivity contribution in [1.82, 2.24) is 4.90 Å². The minimum atomic E-state index is -0.801. The lowest BCUT2D eigenvalue weighted by molar-refractivity contribution is -0.137. The van der Waals surface area contributed by atoms with Crippen LogP contribution in [0.25, 0.3) is 0 Å². The normalized spacial score (nSPS) is 18.5. The Hall–Kier alpha value is -3.20. The van der Waals surface area contributed by atoms with Gasteiger partial charge >= 0.3 is 11.9 Å². The predicted molar refractivity (Wildman–Crippen MR) is 115 cm³/mol. The van der Waals surface area contributed by atoms with Crippen molar-refractivity contribution in [3.8, 4) is 17.2 Å². The maximum Gasteiger partial charge on any atom is 0.336 e. The van der Waals surface area contributed by atoms with Crippen molar-refractivity contribution < 1.29 is 38.0 Å². The summed E-state index contributed by atoms with van der Waals surface area (Å²) in [7, 11) is 7.08. The molecule has 0 bridgehead atoms. The van der Waals surface area contributed by atoms with Gasteiger partial charge in [0.1, 0.15) is 0 Å². The molecule has 0 aromatic heterocycles. The monoisotopic (exact) mass is 447 g/mol. The Kier molecular flexibility index (Phi) is 7.63. The van der Waals surface area contributed by atoms with E-state index in [0.29, 0.717) is 36.0 Å². The lowest BCUT2D eigenvalue weighted by atomic mass is 9.82. The van der Waals surface area contributed by atoms with Crippen LogP contribution in [0.1, 0.15) is 24.3 Å². The van der Waals surface area contributed by atoms with Crippen molar-refractivity contribution >= 4 is 11.9 Å².